The van der Waals surface area contributed by atoms with Gasteiger partial charge in [0.15, 0.2) is 5.43 Å². The van der Waals surface area contributed by atoms with Crippen LogP contribution in [0.15, 0.2) is 52.2 Å². The number of amides is 1. The van der Waals surface area contributed by atoms with Crippen molar-refractivity contribution in [3.05, 3.63) is 52.7 Å². The first-order valence-corrected chi connectivity index (χ1v) is 11.5. The van der Waals surface area contributed by atoms with Crippen LogP contribution in [0.4, 0.5) is 4.79 Å². The van der Waals surface area contributed by atoms with E-state index in [1.54, 1.807) is 56.7 Å². The van der Waals surface area contributed by atoms with Crippen molar-refractivity contribution in [2.75, 3.05) is 6.54 Å². The van der Waals surface area contributed by atoms with Gasteiger partial charge in [-0.2, -0.15) is 0 Å². The Balaban J connectivity index is 1.89. The standard InChI is InChI=1S/C22H25N3O7S/c1-22(2,3)32-21(29)24-16(20(27)28)12-23-33(30,31)13-9-10-18-15(11-13)19(26)14-7-5-6-8-17(14)25(18)4/h5-11,16,23H,12H2,1-4H3,(H,24,29)(H,27,28)/t16-/m1/s1. The summed E-state index contributed by atoms with van der Waals surface area (Å²) in [5.74, 6) is -1.44. The molecule has 33 heavy (non-hydrogen) atoms. The summed E-state index contributed by atoms with van der Waals surface area (Å²) in [4.78, 5) is 36.1. The smallest absolute Gasteiger partial charge is 0.408 e. The number of ether oxygens (including phenoxy) is 1. The zero-order valence-corrected chi connectivity index (χ0v) is 19.4. The van der Waals surface area contributed by atoms with Crippen LogP contribution in [0, 0.1) is 0 Å². The van der Waals surface area contributed by atoms with Gasteiger partial charge >= 0.3 is 12.1 Å². The zero-order chi connectivity index (χ0) is 24.6. The highest BCUT2D eigenvalue weighted by Crippen LogP contribution is 2.21. The maximum atomic E-state index is 12.9. The van der Waals surface area contributed by atoms with Crippen LogP contribution in [0.25, 0.3) is 21.8 Å². The molecule has 176 valence electrons. The molecule has 0 aliphatic carbocycles. The number of nitrogens with one attached hydrogen (secondary N) is 2. The van der Waals surface area contributed by atoms with E-state index in [9.17, 15) is 27.9 Å². The van der Waals surface area contributed by atoms with Gasteiger partial charge < -0.3 is 19.7 Å². The molecule has 0 unspecified atom stereocenters. The van der Waals surface area contributed by atoms with Crippen LogP contribution in [0.5, 0.6) is 0 Å². The van der Waals surface area contributed by atoms with E-state index < -0.39 is 40.3 Å². The lowest BCUT2D eigenvalue weighted by molar-refractivity contribution is -0.139. The second-order valence-corrected chi connectivity index (χ2v) is 10.2. The molecule has 1 amide bonds. The number of aliphatic carboxylic acids is 1. The molecule has 10 nitrogen and oxygen atoms in total. The molecule has 0 fully saturated rings. The summed E-state index contributed by atoms with van der Waals surface area (Å²) in [5, 5.41) is 12.1. The van der Waals surface area contributed by atoms with E-state index in [-0.39, 0.29) is 15.7 Å². The summed E-state index contributed by atoms with van der Waals surface area (Å²) in [7, 11) is -2.41. The summed E-state index contributed by atoms with van der Waals surface area (Å²) < 4.78 is 34.6. The summed E-state index contributed by atoms with van der Waals surface area (Å²) in [6.07, 6.45) is -0.991. The van der Waals surface area contributed by atoms with E-state index >= 15 is 0 Å². The Hall–Kier alpha value is -3.44. The van der Waals surface area contributed by atoms with Gasteiger partial charge in [-0.1, -0.05) is 12.1 Å². The number of nitrogens with zero attached hydrogens (tertiary/aromatic N) is 1. The maximum absolute atomic E-state index is 12.9. The fourth-order valence-electron chi connectivity index (χ4n) is 3.32. The Morgan fingerprint density at radius 2 is 1.73 bits per heavy atom. The second kappa shape index (κ2) is 8.83. The molecule has 1 aromatic heterocycles. The van der Waals surface area contributed by atoms with Crippen molar-refractivity contribution in [1.29, 1.82) is 0 Å². The maximum Gasteiger partial charge on any atom is 0.408 e. The number of benzene rings is 2. The van der Waals surface area contributed by atoms with Gasteiger partial charge in [-0.3, -0.25) is 4.79 Å². The number of aryl methyl sites for hydroxylation is 1. The van der Waals surface area contributed by atoms with E-state index in [4.69, 9.17) is 4.74 Å². The number of hydrogen-bond donors (Lipinski definition) is 3. The molecule has 0 bridgehead atoms. The number of carboxylic acid groups (broad SMARTS) is 1. The molecular weight excluding hydrogens is 450 g/mol. The highest BCUT2D eigenvalue weighted by Gasteiger charge is 2.26. The number of hydrogen-bond acceptors (Lipinski definition) is 6. The van der Waals surface area contributed by atoms with Crippen molar-refractivity contribution < 1.29 is 27.9 Å². The number of fused-ring (bicyclic) bond motifs is 2. The van der Waals surface area contributed by atoms with Crippen LogP contribution in [-0.2, 0) is 26.6 Å². The van der Waals surface area contributed by atoms with Crippen LogP contribution in [0.2, 0.25) is 0 Å². The average Bonchev–Trinajstić information content (AvgIpc) is 2.73. The minimum absolute atomic E-state index is 0.205. The lowest BCUT2D eigenvalue weighted by Gasteiger charge is -2.22. The van der Waals surface area contributed by atoms with Crippen molar-refractivity contribution in [2.24, 2.45) is 7.05 Å². The van der Waals surface area contributed by atoms with E-state index in [1.807, 2.05) is 0 Å². The van der Waals surface area contributed by atoms with Gasteiger partial charge in [0.2, 0.25) is 10.0 Å². The zero-order valence-electron chi connectivity index (χ0n) is 18.6. The van der Waals surface area contributed by atoms with Crippen molar-refractivity contribution in [3.8, 4) is 0 Å². The number of sulfonamides is 1. The SMILES string of the molecule is Cn1c2ccccc2c(=O)c2cc(S(=O)(=O)NC[C@@H](NC(=O)OC(C)(C)C)C(=O)O)ccc21. The van der Waals surface area contributed by atoms with Gasteiger partial charge in [0.1, 0.15) is 11.6 Å². The number of pyridine rings is 1. The van der Waals surface area contributed by atoms with Gasteiger partial charge in [-0.05, 0) is 51.1 Å². The van der Waals surface area contributed by atoms with Crippen LogP contribution >= 0.6 is 0 Å². The molecule has 11 heteroatoms. The molecule has 0 saturated carbocycles. The molecule has 3 N–H and O–H groups in total. The van der Waals surface area contributed by atoms with Gasteiger partial charge in [0.05, 0.1) is 15.9 Å². The van der Waals surface area contributed by atoms with Crippen molar-refractivity contribution in [2.45, 2.75) is 37.3 Å². The third-order valence-electron chi connectivity index (χ3n) is 4.86. The van der Waals surface area contributed by atoms with Crippen molar-refractivity contribution in [3.63, 3.8) is 0 Å². The topological polar surface area (TPSA) is 144 Å². The largest absolute Gasteiger partial charge is 0.480 e. The molecule has 0 saturated heterocycles. The predicted molar refractivity (Wildman–Crippen MR) is 123 cm³/mol. The number of para-hydroxylation sites is 1. The number of rotatable bonds is 6. The normalized spacial score (nSPS) is 13.1. The van der Waals surface area contributed by atoms with Crippen LogP contribution in [0.1, 0.15) is 20.8 Å². The molecule has 0 aliphatic rings. The van der Waals surface area contributed by atoms with Gasteiger partial charge in [0.25, 0.3) is 0 Å². The van der Waals surface area contributed by atoms with E-state index in [2.05, 4.69) is 10.0 Å². The molecule has 3 aromatic rings. The average molecular weight is 476 g/mol. The molecular formula is C22H25N3O7S. The summed E-state index contributed by atoms with van der Waals surface area (Å²) in [5.41, 5.74) is 0.0910. The summed E-state index contributed by atoms with van der Waals surface area (Å²) in [6, 6.07) is 9.53. The first-order chi connectivity index (χ1) is 15.3. The molecule has 1 heterocycles. The summed E-state index contributed by atoms with van der Waals surface area (Å²) in [6.45, 7) is 4.21. The summed E-state index contributed by atoms with van der Waals surface area (Å²) >= 11 is 0. The Morgan fingerprint density at radius 3 is 2.36 bits per heavy atom. The lowest BCUT2D eigenvalue weighted by Crippen LogP contribution is -2.49. The lowest BCUT2D eigenvalue weighted by atomic mass is 10.1. The van der Waals surface area contributed by atoms with E-state index in [1.165, 1.54) is 18.2 Å². The Labute approximate surface area is 190 Å². The third-order valence-corrected chi connectivity index (χ3v) is 6.28. The number of aromatic nitrogens is 1. The number of carboxylic acids is 1. The second-order valence-electron chi connectivity index (χ2n) is 8.47. The van der Waals surface area contributed by atoms with E-state index in [0.717, 1.165) is 0 Å². The van der Waals surface area contributed by atoms with Crippen LogP contribution in [0.3, 0.4) is 0 Å². The quantitative estimate of drug-likeness (QED) is 0.462. The van der Waals surface area contributed by atoms with Crippen LogP contribution < -0.4 is 15.5 Å². The molecule has 0 spiro atoms. The minimum Gasteiger partial charge on any atom is -0.480 e. The molecule has 0 radical (unpaired) electrons. The number of alkyl carbamates (subject to hydrolysis) is 1. The van der Waals surface area contributed by atoms with Gasteiger partial charge in [-0.15, -0.1) is 0 Å². The fourth-order valence-corrected chi connectivity index (χ4v) is 4.39. The molecule has 1 atom stereocenters. The number of carbonyl (C=O) groups is 2. The first-order valence-electron chi connectivity index (χ1n) is 10.0. The van der Waals surface area contributed by atoms with E-state index in [0.29, 0.717) is 16.4 Å². The van der Waals surface area contributed by atoms with Crippen LogP contribution in [-0.4, -0.2) is 48.3 Å². The Bertz CT molecular complexity index is 1410. The molecule has 3 rings (SSSR count). The highest BCUT2D eigenvalue weighted by atomic mass is 32.2. The minimum atomic E-state index is -4.19. The number of carbonyl (C=O) groups excluding carboxylic acids is 1. The van der Waals surface area contributed by atoms with Gasteiger partial charge in [0, 0.05) is 24.4 Å². The molecule has 2 aromatic carbocycles. The monoisotopic (exact) mass is 475 g/mol. The fraction of sp³-hybridized carbons (Fsp3) is 0.318. The Morgan fingerprint density at radius 1 is 1.09 bits per heavy atom. The highest BCUT2D eigenvalue weighted by molar-refractivity contribution is 7.89. The van der Waals surface area contributed by atoms with Gasteiger partial charge in [-0.25, -0.2) is 22.7 Å². The predicted octanol–water partition coefficient (Wildman–Crippen LogP) is 1.95. The van der Waals surface area contributed by atoms with Crippen molar-refractivity contribution in [1.82, 2.24) is 14.6 Å². The Kier molecular flexibility index (Phi) is 6.48. The van der Waals surface area contributed by atoms with Crippen molar-refractivity contribution >= 4 is 43.9 Å². The third kappa shape index (κ3) is 5.32. The molecule has 0 aliphatic heterocycles. The first kappa shape index (κ1) is 24.2.